The summed E-state index contributed by atoms with van der Waals surface area (Å²) >= 11 is 0. The van der Waals surface area contributed by atoms with Crippen molar-refractivity contribution < 1.29 is 42.1 Å². The van der Waals surface area contributed by atoms with E-state index < -0.39 is 26.5 Å². The molecule has 0 heterocycles. The zero-order chi connectivity index (χ0) is 54.2. The Bertz CT molecular complexity index is 1570. The molecule has 0 saturated heterocycles. The van der Waals surface area contributed by atoms with Crippen molar-refractivity contribution in [2.75, 3.05) is 47.5 Å². The molecule has 9 nitrogen and oxygen atoms in total. The molecule has 74 heavy (non-hydrogen) atoms. The van der Waals surface area contributed by atoms with E-state index in [1.807, 2.05) is 21.1 Å². The molecular weight excluding hydrogens is 942 g/mol. The summed E-state index contributed by atoms with van der Waals surface area (Å²) in [6.45, 7) is 4.13. The molecule has 0 spiro atoms. The van der Waals surface area contributed by atoms with Crippen molar-refractivity contribution in [2.45, 2.75) is 251 Å². The monoisotopic (exact) mass is 1050 g/mol. The van der Waals surface area contributed by atoms with Crippen LogP contribution in [0.1, 0.15) is 245 Å². The number of likely N-dealkylation sites (N-methyl/N-ethyl adjacent to an activating group) is 1. The fraction of sp³-hybridized carbons (Fsp3) is 0.719. The van der Waals surface area contributed by atoms with Gasteiger partial charge in [-0.25, -0.2) is 0 Å². The van der Waals surface area contributed by atoms with E-state index in [2.05, 4.69) is 111 Å². The molecule has 0 amide bonds. The molecule has 0 fully saturated rings. The van der Waals surface area contributed by atoms with Crippen molar-refractivity contribution in [2.24, 2.45) is 0 Å². The van der Waals surface area contributed by atoms with Gasteiger partial charge in [-0.1, -0.05) is 252 Å². The Morgan fingerprint density at radius 2 is 0.770 bits per heavy atom. The van der Waals surface area contributed by atoms with Gasteiger partial charge in [0.1, 0.15) is 19.8 Å². The summed E-state index contributed by atoms with van der Waals surface area (Å²) in [6.07, 6.45) is 74.5. The Hall–Kier alpha value is -3.07. The lowest BCUT2D eigenvalue weighted by Gasteiger charge is -2.28. The molecular formula is C64H112NO8P. The lowest BCUT2D eigenvalue weighted by Crippen LogP contribution is -2.37. The minimum absolute atomic E-state index is 0.0341. The number of hydrogen-bond donors (Lipinski definition) is 0. The fourth-order valence-corrected chi connectivity index (χ4v) is 8.75. The van der Waals surface area contributed by atoms with Gasteiger partial charge < -0.3 is 27.9 Å². The number of hydrogen-bond acceptors (Lipinski definition) is 8. The SMILES string of the molecule is CC/C=C\C/C=C\C/C=C\C/C=C\C/C=C\C/C=C\C/C=C\C/C=C\CCCCCCCCCCCCC(=O)OC(COC(=O)CCCCCCCCCCCCCCCCC)COP(=O)([O-])OCC[N+](C)(C)C. The Kier molecular flexibility index (Phi) is 52.4. The Morgan fingerprint density at radius 1 is 0.432 bits per heavy atom. The average molecular weight is 1050 g/mol. The number of quaternary nitrogens is 1. The molecule has 2 unspecified atom stereocenters. The summed E-state index contributed by atoms with van der Waals surface area (Å²) in [5, 5.41) is 0. The Morgan fingerprint density at radius 3 is 1.15 bits per heavy atom. The molecule has 2 atom stereocenters. The van der Waals surface area contributed by atoms with E-state index in [0.29, 0.717) is 17.4 Å². The highest BCUT2D eigenvalue weighted by molar-refractivity contribution is 7.45. The van der Waals surface area contributed by atoms with Gasteiger partial charge in [0.25, 0.3) is 7.82 Å². The number of esters is 2. The Balaban J connectivity index is 4.12. The van der Waals surface area contributed by atoms with Gasteiger partial charge in [-0.15, -0.1) is 0 Å². The number of unbranched alkanes of at least 4 members (excludes halogenated alkanes) is 24. The van der Waals surface area contributed by atoms with Crippen LogP contribution >= 0.6 is 7.82 Å². The molecule has 0 N–H and O–H groups in total. The predicted molar refractivity (Wildman–Crippen MR) is 314 cm³/mol. The van der Waals surface area contributed by atoms with Crippen LogP contribution < -0.4 is 4.89 Å². The van der Waals surface area contributed by atoms with E-state index in [4.69, 9.17) is 18.5 Å². The normalized spacial score (nSPS) is 14.0. The summed E-state index contributed by atoms with van der Waals surface area (Å²) in [5.41, 5.74) is 0. The van der Waals surface area contributed by atoms with Gasteiger partial charge >= 0.3 is 11.9 Å². The maximum absolute atomic E-state index is 12.8. The fourth-order valence-electron chi connectivity index (χ4n) is 8.03. The number of ether oxygens (including phenoxy) is 2. The topological polar surface area (TPSA) is 111 Å². The maximum atomic E-state index is 12.8. The van der Waals surface area contributed by atoms with E-state index in [-0.39, 0.29) is 32.0 Å². The Labute approximate surface area is 455 Å². The van der Waals surface area contributed by atoms with Gasteiger partial charge in [-0.05, 0) is 77.0 Å². The second-order valence-electron chi connectivity index (χ2n) is 21.0. The number of rotatable bonds is 54. The standard InChI is InChI=1S/C64H112NO8P/c1-6-8-10-12-14-16-18-20-22-23-24-25-26-27-28-29-30-31-32-33-34-35-36-37-38-39-40-41-43-45-47-49-51-53-55-57-64(67)73-62(61-72-74(68,69)71-59-58-65(3,4)5)60-70-63(66)56-54-52-50-48-46-44-42-21-19-17-15-13-11-9-7-2/h8,10,14,16,20,22,24-25,27-28,30-31,33-34,36-37,62H,6-7,9,11-13,15,17-19,21,23,26,29,32,35,38-61H2,1-5H3/b10-8-,16-14-,22-20-,25-24-,28-27-,31-30-,34-33-,37-36-. The molecule has 0 aliphatic carbocycles. The van der Waals surface area contributed by atoms with Crippen LogP contribution in [-0.2, 0) is 32.7 Å². The van der Waals surface area contributed by atoms with Gasteiger partial charge in [0, 0.05) is 12.8 Å². The van der Waals surface area contributed by atoms with Gasteiger partial charge in [-0.3, -0.25) is 14.2 Å². The summed E-state index contributed by atoms with van der Waals surface area (Å²) in [4.78, 5) is 37.8. The van der Waals surface area contributed by atoms with Crippen molar-refractivity contribution in [3.8, 4) is 0 Å². The number of carbonyl (C=O) groups is 2. The van der Waals surface area contributed by atoms with Crippen molar-refractivity contribution >= 4 is 19.8 Å². The summed E-state index contributed by atoms with van der Waals surface area (Å²) in [6, 6.07) is 0. The van der Waals surface area contributed by atoms with E-state index in [1.165, 1.54) is 116 Å². The van der Waals surface area contributed by atoms with Crippen LogP contribution in [0.4, 0.5) is 0 Å². The minimum Gasteiger partial charge on any atom is -0.756 e. The zero-order valence-corrected chi connectivity index (χ0v) is 49.2. The van der Waals surface area contributed by atoms with Crippen molar-refractivity contribution in [3.63, 3.8) is 0 Å². The number of phosphoric ester groups is 1. The maximum Gasteiger partial charge on any atom is 0.306 e. The average Bonchev–Trinajstić information content (AvgIpc) is 3.36. The van der Waals surface area contributed by atoms with Crippen LogP contribution in [0, 0.1) is 0 Å². The molecule has 0 rings (SSSR count). The number of allylic oxidation sites excluding steroid dienone is 16. The van der Waals surface area contributed by atoms with Gasteiger partial charge in [0.15, 0.2) is 6.10 Å². The van der Waals surface area contributed by atoms with Crippen molar-refractivity contribution in [1.82, 2.24) is 0 Å². The number of phosphoric acid groups is 1. The molecule has 0 aliphatic heterocycles. The van der Waals surface area contributed by atoms with Gasteiger partial charge in [0.2, 0.25) is 0 Å². The van der Waals surface area contributed by atoms with Crippen LogP contribution in [0.3, 0.4) is 0 Å². The molecule has 0 saturated carbocycles. The molecule has 0 aromatic rings. The summed E-state index contributed by atoms with van der Waals surface area (Å²) in [5.74, 6) is -0.836. The van der Waals surface area contributed by atoms with Crippen molar-refractivity contribution in [1.29, 1.82) is 0 Å². The molecule has 0 aromatic carbocycles. The molecule has 10 heteroatoms. The highest BCUT2D eigenvalue weighted by atomic mass is 31.2. The molecule has 426 valence electrons. The highest BCUT2D eigenvalue weighted by Gasteiger charge is 2.22. The van der Waals surface area contributed by atoms with E-state index in [9.17, 15) is 19.0 Å². The molecule has 0 radical (unpaired) electrons. The van der Waals surface area contributed by atoms with Crippen LogP contribution in [0.5, 0.6) is 0 Å². The third-order valence-corrected chi connectivity index (χ3v) is 13.6. The summed E-state index contributed by atoms with van der Waals surface area (Å²) in [7, 11) is 1.16. The lowest BCUT2D eigenvalue weighted by molar-refractivity contribution is -0.870. The lowest BCUT2D eigenvalue weighted by atomic mass is 10.0. The van der Waals surface area contributed by atoms with Crippen molar-refractivity contribution in [3.05, 3.63) is 97.2 Å². The predicted octanol–water partition coefficient (Wildman–Crippen LogP) is 18.2. The van der Waals surface area contributed by atoms with Crippen LogP contribution in [-0.4, -0.2) is 70.0 Å². The first-order valence-electron chi connectivity index (χ1n) is 29.9. The van der Waals surface area contributed by atoms with Crippen LogP contribution in [0.25, 0.3) is 0 Å². The highest BCUT2D eigenvalue weighted by Crippen LogP contribution is 2.38. The van der Waals surface area contributed by atoms with E-state index >= 15 is 0 Å². The summed E-state index contributed by atoms with van der Waals surface area (Å²) < 4.78 is 34.1. The first kappa shape index (κ1) is 70.9. The molecule has 0 aliphatic rings. The smallest absolute Gasteiger partial charge is 0.306 e. The quantitative estimate of drug-likeness (QED) is 0.0195. The first-order valence-corrected chi connectivity index (χ1v) is 31.4. The second-order valence-corrected chi connectivity index (χ2v) is 22.4. The molecule has 0 bridgehead atoms. The molecule has 0 aromatic heterocycles. The first-order chi connectivity index (χ1) is 36.0. The zero-order valence-electron chi connectivity index (χ0n) is 48.3. The van der Waals surface area contributed by atoms with E-state index in [0.717, 1.165) is 96.3 Å². The third-order valence-electron chi connectivity index (χ3n) is 12.6. The number of carbonyl (C=O) groups excluding carboxylic acids is 2. The van der Waals surface area contributed by atoms with Gasteiger partial charge in [0.05, 0.1) is 27.7 Å². The van der Waals surface area contributed by atoms with Crippen LogP contribution in [0.2, 0.25) is 0 Å². The van der Waals surface area contributed by atoms with E-state index in [1.54, 1.807) is 0 Å². The largest absolute Gasteiger partial charge is 0.756 e. The van der Waals surface area contributed by atoms with Crippen LogP contribution in [0.15, 0.2) is 97.2 Å². The number of nitrogens with zero attached hydrogens (tertiary/aromatic N) is 1. The third kappa shape index (κ3) is 58.2. The van der Waals surface area contributed by atoms with Gasteiger partial charge in [-0.2, -0.15) is 0 Å². The second kappa shape index (κ2) is 54.7. The minimum atomic E-state index is -4.64.